The molecule has 0 spiro atoms. The minimum atomic E-state index is 0.0385. The molecular formula is C21H27N5O3. The number of aromatic nitrogens is 2. The number of hydrogen-bond acceptors (Lipinski definition) is 8. The quantitative estimate of drug-likeness (QED) is 0.589. The van der Waals surface area contributed by atoms with Gasteiger partial charge in [0.05, 0.1) is 36.8 Å². The van der Waals surface area contributed by atoms with Crippen LogP contribution >= 0.6 is 0 Å². The molecule has 1 aromatic heterocycles. The molecule has 2 aliphatic heterocycles. The highest BCUT2D eigenvalue weighted by Gasteiger charge is 2.24. The lowest BCUT2D eigenvalue weighted by molar-refractivity contribution is -0.00546. The Labute approximate surface area is 170 Å². The van der Waals surface area contributed by atoms with Crippen molar-refractivity contribution in [2.75, 3.05) is 36.9 Å². The van der Waals surface area contributed by atoms with Crippen LogP contribution in [0.25, 0.3) is 0 Å². The SMILES string of the molecule is C[C@@H]1CN(c2cc(C(=N)c3cc(O[C@@H]4CCOC4)ccc3N)ncn2)C[C@H](C)O1. The fraction of sp³-hybridized carbons (Fsp3) is 0.476. The van der Waals surface area contributed by atoms with E-state index in [4.69, 9.17) is 25.4 Å². The summed E-state index contributed by atoms with van der Waals surface area (Å²) in [5, 5.41) is 8.69. The molecule has 0 amide bonds. The second-order valence-electron chi connectivity index (χ2n) is 7.65. The maximum Gasteiger partial charge on any atom is 0.132 e. The molecule has 0 bridgehead atoms. The smallest absolute Gasteiger partial charge is 0.132 e. The van der Waals surface area contributed by atoms with E-state index < -0.39 is 0 Å². The predicted molar refractivity (Wildman–Crippen MR) is 111 cm³/mol. The third-order valence-electron chi connectivity index (χ3n) is 5.14. The lowest BCUT2D eigenvalue weighted by Crippen LogP contribution is -2.45. The van der Waals surface area contributed by atoms with Crippen molar-refractivity contribution in [1.29, 1.82) is 5.41 Å². The van der Waals surface area contributed by atoms with Gasteiger partial charge in [0.25, 0.3) is 0 Å². The van der Waals surface area contributed by atoms with Crippen LogP contribution < -0.4 is 15.4 Å². The van der Waals surface area contributed by atoms with E-state index >= 15 is 0 Å². The summed E-state index contributed by atoms with van der Waals surface area (Å²) in [6.45, 7) is 6.91. The van der Waals surface area contributed by atoms with E-state index in [1.807, 2.05) is 26.0 Å². The third-order valence-corrected chi connectivity index (χ3v) is 5.14. The molecule has 0 aliphatic carbocycles. The highest BCUT2D eigenvalue weighted by atomic mass is 16.5. The van der Waals surface area contributed by atoms with E-state index in [0.29, 0.717) is 35.9 Å². The summed E-state index contributed by atoms with van der Waals surface area (Å²) in [4.78, 5) is 10.9. The number of morpholine rings is 1. The van der Waals surface area contributed by atoms with E-state index in [0.717, 1.165) is 25.3 Å². The van der Waals surface area contributed by atoms with Gasteiger partial charge in [-0.2, -0.15) is 0 Å². The number of nitrogens with one attached hydrogen (secondary N) is 1. The standard InChI is InChI=1S/C21H27N5O3/c1-13-9-26(10-14(2)28-13)20-8-19(24-12-25-20)21(23)17-7-15(3-4-18(17)22)29-16-5-6-27-11-16/h3-4,7-8,12-14,16,23H,5-6,9-11,22H2,1-2H3/t13-,14+,16-/m1/s1. The van der Waals surface area contributed by atoms with E-state index in [-0.39, 0.29) is 24.0 Å². The van der Waals surface area contributed by atoms with Gasteiger partial charge in [-0.25, -0.2) is 9.97 Å². The molecule has 3 heterocycles. The Hall–Kier alpha value is -2.71. The third kappa shape index (κ3) is 4.49. The first-order chi connectivity index (χ1) is 14.0. The van der Waals surface area contributed by atoms with Crippen LogP contribution in [0.1, 0.15) is 31.5 Å². The Balaban J connectivity index is 1.56. The average Bonchev–Trinajstić information content (AvgIpc) is 3.21. The molecule has 3 atom stereocenters. The molecule has 4 rings (SSSR count). The molecule has 0 saturated carbocycles. The van der Waals surface area contributed by atoms with Gasteiger partial charge in [-0.1, -0.05) is 0 Å². The number of benzene rings is 1. The lowest BCUT2D eigenvalue weighted by atomic mass is 10.0. The van der Waals surface area contributed by atoms with Crippen molar-refractivity contribution in [3.8, 4) is 5.75 Å². The second kappa shape index (κ2) is 8.34. The Morgan fingerprint density at radius 3 is 2.72 bits per heavy atom. The Morgan fingerprint density at radius 1 is 1.21 bits per heavy atom. The van der Waals surface area contributed by atoms with Crippen LogP contribution in [-0.4, -0.2) is 60.3 Å². The number of ether oxygens (including phenoxy) is 3. The first-order valence-electron chi connectivity index (χ1n) is 9.95. The van der Waals surface area contributed by atoms with Gasteiger partial charge in [0.2, 0.25) is 0 Å². The number of nitrogens with zero attached hydrogens (tertiary/aromatic N) is 3. The van der Waals surface area contributed by atoms with Crippen LogP contribution in [0.3, 0.4) is 0 Å². The summed E-state index contributed by atoms with van der Waals surface area (Å²) in [6, 6.07) is 7.23. The summed E-state index contributed by atoms with van der Waals surface area (Å²) in [5.74, 6) is 1.47. The summed E-state index contributed by atoms with van der Waals surface area (Å²) in [7, 11) is 0. The fourth-order valence-electron chi connectivity index (χ4n) is 3.78. The molecule has 2 saturated heterocycles. The van der Waals surface area contributed by atoms with Crippen LogP contribution in [0.15, 0.2) is 30.6 Å². The molecule has 1 aromatic carbocycles. The van der Waals surface area contributed by atoms with Crippen molar-refractivity contribution in [3.63, 3.8) is 0 Å². The van der Waals surface area contributed by atoms with Gasteiger partial charge >= 0.3 is 0 Å². The zero-order valence-electron chi connectivity index (χ0n) is 16.8. The summed E-state index contributed by atoms with van der Waals surface area (Å²) in [5.41, 5.74) is 8.03. The van der Waals surface area contributed by atoms with Crippen molar-refractivity contribution in [2.24, 2.45) is 0 Å². The van der Waals surface area contributed by atoms with Gasteiger partial charge in [-0.15, -0.1) is 0 Å². The first-order valence-corrected chi connectivity index (χ1v) is 9.95. The van der Waals surface area contributed by atoms with E-state index in [9.17, 15) is 0 Å². The minimum Gasteiger partial charge on any atom is -0.488 e. The van der Waals surface area contributed by atoms with Crippen LogP contribution in [0.5, 0.6) is 5.75 Å². The van der Waals surface area contributed by atoms with Crippen LogP contribution in [0.2, 0.25) is 0 Å². The number of hydrogen-bond donors (Lipinski definition) is 2. The Kier molecular flexibility index (Phi) is 5.64. The van der Waals surface area contributed by atoms with Gasteiger partial charge < -0.3 is 24.8 Å². The van der Waals surface area contributed by atoms with Crippen molar-refractivity contribution < 1.29 is 14.2 Å². The normalized spacial score (nSPS) is 24.5. The van der Waals surface area contributed by atoms with Crippen LogP contribution in [-0.2, 0) is 9.47 Å². The molecule has 29 heavy (non-hydrogen) atoms. The van der Waals surface area contributed by atoms with Crippen molar-refractivity contribution >= 4 is 17.2 Å². The van der Waals surface area contributed by atoms with Crippen LogP contribution in [0.4, 0.5) is 11.5 Å². The number of nitrogen functional groups attached to an aromatic ring is 1. The van der Waals surface area contributed by atoms with Crippen molar-refractivity contribution in [2.45, 2.75) is 38.6 Å². The van der Waals surface area contributed by atoms with Gasteiger partial charge in [0.1, 0.15) is 24.0 Å². The molecule has 0 radical (unpaired) electrons. The molecule has 2 aliphatic rings. The molecule has 8 nitrogen and oxygen atoms in total. The molecule has 0 unspecified atom stereocenters. The van der Waals surface area contributed by atoms with E-state index in [1.165, 1.54) is 6.33 Å². The highest BCUT2D eigenvalue weighted by molar-refractivity contribution is 6.13. The predicted octanol–water partition coefficient (Wildman–Crippen LogP) is 2.26. The number of rotatable bonds is 5. The molecule has 8 heteroatoms. The van der Waals surface area contributed by atoms with Gasteiger partial charge in [-0.3, -0.25) is 5.41 Å². The second-order valence-corrected chi connectivity index (χ2v) is 7.65. The molecule has 3 N–H and O–H groups in total. The largest absolute Gasteiger partial charge is 0.488 e. The van der Waals surface area contributed by atoms with Gasteiger partial charge in [-0.05, 0) is 32.0 Å². The zero-order valence-corrected chi connectivity index (χ0v) is 16.8. The van der Waals surface area contributed by atoms with Gasteiger partial charge in [0, 0.05) is 36.8 Å². The zero-order chi connectivity index (χ0) is 20.4. The Bertz CT molecular complexity index is 874. The molecule has 2 aromatic rings. The summed E-state index contributed by atoms with van der Waals surface area (Å²) >= 11 is 0. The van der Waals surface area contributed by atoms with E-state index in [2.05, 4.69) is 14.9 Å². The highest BCUT2D eigenvalue weighted by Crippen LogP contribution is 2.25. The average molecular weight is 397 g/mol. The van der Waals surface area contributed by atoms with Crippen molar-refractivity contribution in [1.82, 2.24) is 9.97 Å². The fourth-order valence-corrected chi connectivity index (χ4v) is 3.78. The Morgan fingerprint density at radius 2 is 2.00 bits per heavy atom. The first kappa shape index (κ1) is 19.6. The van der Waals surface area contributed by atoms with Gasteiger partial charge in [0.15, 0.2) is 0 Å². The molecule has 154 valence electrons. The van der Waals surface area contributed by atoms with Crippen LogP contribution in [0, 0.1) is 5.41 Å². The number of anilines is 2. The topological polar surface area (TPSA) is 107 Å². The number of nitrogens with two attached hydrogens (primary N) is 1. The summed E-state index contributed by atoms with van der Waals surface area (Å²) in [6.07, 6.45) is 2.65. The minimum absolute atomic E-state index is 0.0385. The maximum absolute atomic E-state index is 8.69. The maximum atomic E-state index is 8.69. The molecule has 2 fully saturated rings. The summed E-state index contributed by atoms with van der Waals surface area (Å²) < 4.78 is 17.1. The lowest BCUT2D eigenvalue weighted by Gasteiger charge is -2.36. The van der Waals surface area contributed by atoms with E-state index in [1.54, 1.807) is 12.1 Å². The van der Waals surface area contributed by atoms with Crippen molar-refractivity contribution in [3.05, 3.63) is 41.9 Å². The monoisotopic (exact) mass is 397 g/mol. The molecular weight excluding hydrogens is 370 g/mol.